The molecule has 1 rings (SSSR count). The molecule has 1 aromatic carbocycles. The minimum atomic E-state index is 0.337. The van der Waals surface area contributed by atoms with E-state index >= 15 is 0 Å². The van der Waals surface area contributed by atoms with Crippen LogP contribution in [0.3, 0.4) is 0 Å². The third kappa shape index (κ3) is 4.34. The second kappa shape index (κ2) is 8.15. The minimum Gasteiger partial charge on any atom is -0.496 e. The zero-order valence-corrected chi connectivity index (χ0v) is 12.2. The quantitative estimate of drug-likeness (QED) is 0.741. The van der Waals surface area contributed by atoms with Crippen LogP contribution in [-0.2, 0) is 0 Å². The zero-order valence-electron chi connectivity index (χ0n) is 12.2. The van der Waals surface area contributed by atoms with E-state index in [0.29, 0.717) is 12.1 Å². The van der Waals surface area contributed by atoms with Gasteiger partial charge in [0.15, 0.2) is 0 Å². The second-order valence-electron chi connectivity index (χ2n) is 4.90. The van der Waals surface area contributed by atoms with Crippen LogP contribution in [0.15, 0.2) is 24.3 Å². The summed E-state index contributed by atoms with van der Waals surface area (Å²) in [6.45, 7) is 6.71. The molecule has 1 aromatic rings. The highest BCUT2D eigenvalue weighted by atomic mass is 16.5. The molecule has 0 fully saturated rings. The molecule has 2 nitrogen and oxygen atoms in total. The molecule has 0 aliphatic carbocycles. The molecule has 0 saturated heterocycles. The van der Waals surface area contributed by atoms with E-state index in [1.54, 1.807) is 7.11 Å². The summed E-state index contributed by atoms with van der Waals surface area (Å²) in [7, 11) is 1.74. The Bertz CT molecular complexity index is 332. The van der Waals surface area contributed by atoms with Gasteiger partial charge in [0.05, 0.1) is 7.11 Å². The number of nitrogens with one attached hydrogen (secondary N) is 1. The predicted molar refractivity (Wildman–Crippen MR) is 78.1 cm³/mol. The Morgan fingerprint density at radius 1 is 1.11 bits per heavy atom. The Morgan fingerprint density at radius 3 is 2.28 bits per heavy atom. The Kier molecular flexibility index (Phi) is 6.81. The average molecular weight is 249 g/mol. The molecular formula is C16H27NO. The fourth-order valence-corrected chi connectivity index (χ4v) is 2.48. The fraction of sp³-hybridized carbons (Fsp3) is 0.625. The van der Waals surface area contributed by atoms with Crippen molar-refractivity contribution in [1.29, 1.82) is 0 Å². The van der Waals surface area contributed by atoms with Crippen molar-refractivity contribution in [3.05, 3.63) is 29.8 Å². The van der Waals surface area contributed by atoms with E-state index in [9.17, 15) is 0 Å². The number of rotatable bonds is 8. The lowest BCUT2D eigenvalue weighted by atomic mass is 10.0. The van der Waals surface area contributed by atoms with Gasteiger partial charge in [0.1, 0.15) is 5.75 Å². The van der Waals surface area contributed by atoms with Gasteiger partial charge >= 0.3 is 0 Å². The van der Waals surface area contributed by atoms with E-state index < -0.39 is 0 Å². The van der Waals surface area contributed by atoms with E-state index in [2.05, 4.69) is 38.2 Å². The number of hydrogen-bond donors (Lipinski definition) is 1. The molecule has 0 unspecified atom stereocenters. The van der Waals surface area contributed by atoms with Crippen molar-refractivity contribution in [2.24, 2.45) is 0 Å². The maximum Gasteiger partial charge on any atom is 0.123 e. The van der Waals surface area contributed by atoms with Crippen LogP contribution in [-0.4, -0.2) is 13.2 Å². The molecule has 0 amide bonds. The molecule has 0 radical (unpaired) electrons. The van der Waals surface area contributed by atoms with Gasteiger partial charge in [-0.3, -0.25) is 0 Å². The first-order valence-electron chi connectivity index (χ1n) is 7.11. The van der Waals surface area contributed by atoms with Gasteiger partial charge in [-0.1, -0.05) is 44.9 Å². The average Bonchev–Trinajstić information content (AvgIpc) is 2.39. The molecule has 2 heteroatoms. The summed E-state index contributed by atoms with van der Waals surface area (Å²) in [4.78, 5) is 0. The Hall–Kier alpha value is -1.02. The highest BCUT2D eigenvalue weighted by molar-refractivity contribution is 5.35. The monoisotopic (exact) mass is 249 g/mol. The molecular weight excluding hydrogens is 222 g/mol. The van der Waals surface area contributed by atoms with E-state index in [0.717, 1.165) is 5.75 Å². The lowest BCUT2D eigenvalue weighted by Gasteiger charge is -2.24. The van der Waals surface area contributed by atoms with E-state index in [-0.39, 0.29) is 0 Å². The van der Waals surface area contributed by atoms with Crippen LogP contribution in [0.5, 0.6) is 5.75 Å². The molecule has 1 atom stereocenters. The molecule has 102 valence electrons. The van der Waals surface area contributed by atoms with Crippen molar-refractivity contribution >= 4 is 0 Å². The highest BCUT2D eigenvalue weighted by Gasteiger charge is 2.14. The van der Waals surface area contributed by atoms with E-state index in [1.807, 2.05) is 12.1 Å². The summed E-state index contributed by atoms with van der Waals surface area (Å²) in [6.07, 6.45) is 4.95. The van der Waals surface area contributed by atoms with Crippen molar-refractivity contribution in [2.75, 3.05) is 7.11 Å². The number of methoxy groups -OCH3 is 1. The highest BCUT2D eigenvalue weighted by Crippen LogP contribution is 2.25. The normalized spacial score (nSPS) is 12.7. The van der Waals surface area contributed by atoms with Crippen LogP contribution in [0, 0.1) is 0 Å². The van der Waals surface area contributed by atoms with Gasteiger partial charge in [-0.05, 0) is 25.8 Å². The predicted octanol–water partition coefficient (Wildman–Crippen LogP) is 4.31. The number of hydrogen-bond acceptors (Lipinski definition) is 2. The van der Waals surface area contributed by atoms with Crippen molar-refractivity contribution in [3.63, 3.8) is 0 Å². The van der Waals surface area contributed by atoms with Crippen LogP contribution in [0.25, 0.3) is 0 Å². The molecule has 0 spiro atoms. The first kappa shape index (κ1) is 15.0. The van der Waals surface area contributed by atoms with E-state index in [4.69, 9.17) is 4.74 Å². The maximum absolute atomic E-state index is 5.43. The largest absolute Gasteiger partial charge is 0.496 e. The molecule has 0 aliphatic rings. The molecule has 0 saturated carbocycles. The van der Waals surface area contributed by atoms with Gasteiger partial charge < -0.3 is 10.1 Å². The molecule has 0 heterocycles. The number of para-hydroxylation sites is 1. The standard InChI is InChI=1S/C16H27NO/c1-5-9-14(10-6-2)17-13(3)15-11-7-8-12-16(15)18-4/h7-8,11-14,17H,5-6,9-10H2,1-4H3/t13-/m1/s1. The molecule has 0 aromatic heterocycles. The summed E-state index contributed by atoms with van der Waals surface area (Å²) in [6, 6.07) is 9.22. The van der Waals surface area contributed by atoms with Crippen molar-refractivity contribution < 1.29 is 4.74 Å². The summed E-state index contributed by atoms with van der Waals surface area (Å²) in [5.74, 6) is 0.976. The third-order valence-corrected chi connectivity index (χ3v) is 3.37. The van der Waals surface area contributed by atoms with Gasteiger partial charge in [0.25, 0.3) is 0 Å². The SMILES string of the molecule is CCCC(CCC)N[C@H](C)c1ccccc1OC. The van der Waals surface area contributed by atoms with Crippen LogP contribution in [0.4, 0.5) is 0 Å². The summed E-state index contributed by atoms with van der Waals surface area (Å²) >= 11 is 0. The van der Waals surface area contributed by atoms with Crippen LogP contribution in [0.1, 0.15) is 58.1 Å². The Labute approximate surface area is 112 Å². The zero-order chi connectivity index (χ0) is 13.4. The van der Waals surface area contributed by atoms with E-state index in [1.165, 1.54) is 31.2 Å². The molecule has 0 bridgehead atoms. The first-order chi connectivity index (χ1) is 8.72. The van der Waals surface area contributed by atoms with Crippen LogP contribution >= 0.6 is 0 Å². The maximum atomic E-state index is 5.43. The topological polar surface area (TPSA) is 21.3 Å². The van der Waals surface area contributed by atoms with Crippen LogP contribution in [0.2, 0.25) is 0 Å². The summed E-state index contributed by atoms with van der Waals surface area (Å²) < 4.78 is 5.43. The number of ether oxygens (including phenoxy) is 1. The Balaban J connectivity index is 2.70. The molecule has 1 N–H and O–H groups in total. The van der Waals surface area contributed by atoms with Gasteiger partial charge in [-0.25, -0.2) is 0 Å². The smallest absolute Gasteiger partial charge is 0.123 e. The van der Waals surface area contributed by atoms with Crippen molar-refractivity contribution in [2.45, 2.75) is 58.5 Å². The van der Waals surface area contributed by atoms with Gasteiger partial charge in [0, 0.05) is 17.6 Å². The second-order valence-corrected chi connectivity index (χ2v) is 4.90. The van der Waals surface area contributed by atoms with Crippen molar-refractivity contribution in [3.8, 4) is 5.75 Å². The van der Waals surface area contributed by atoms with Gasteiger partial charge in [-0.15, -0.1) is 0 Å². The summed E-state index contributed by atoms with van der Waals surface area (Å²) in [5.41, 5.74) is 1.25. The first-order valence-corrected chi connectivity index (χ1v) is 7.11. The molecule has 0 aliphatic heterocycles. The minimum absolute atomic E-state index is 0.337. The van der Waals surface area contributed by atoms with Crippen molar-refractivity contribution in [1.82, 2.24) is 5.32 Å². The fourth-order valence-electron chi connectivity index (χ4n) is 2.48. The van der Waals surface area contributed by atoms with Crippen LogP contribution < -0.4 is 10.1 Å². The lowest BCUT2D eigenvalue weighted by Crippen LogP contribution is -2.31. The Morgan fingerprint density at radius 2 is 1.72 bits per heavy atom. The summed E-state index contributed by atoms with van der Waals surface area (Å²) in [5, 5.41) is 3.73. The van der Waals surface area contributed by atoms with Gasteiger partial charge in [-0.2, -0.15) is 0 Å². The number of benzene rings is 1. The third-order valence-electron chi connectivity index (χ3n) is 3.37. The van der Waals surface area contributed by atoms with Gasteiger partial charge in [0.2, 0.25) is 0 Å². The molecule has 18 heavy (non-hydrogen) atoms. The lowest BCUT2D eigenvalue weighted by molar-refractivity contribution is 0.377.